The molecule has 6 atom stereocenters. The number of methoxy groups -OCH3 is 2. The van der Waals surface area contributed by atoms with Gasteiger partial charge in [0, 0.05) is 0 Å². The van der Waals surface area contributed by atoms with Gasteiger partial charge in [0.2, 0.25) is 11.8 Å². The van der Waals surface area contributed by atoms with Gasteiger partial charge in [0.1, 0.15) is 29.4 Å². The highest BCUT2D eigenvalue weighted by Gasteiger charge is 2.56. The number of aromatic nitrogens is 4. The van der Waals surface area contributed by atoms with Crippen molar-refractivity contribution in [1.29, 1.82) is 5.26 Å². The van der Waals surface area contributed by atoms with Crippen molar-refractivity contribution in [1.82, 2.24) is 24.6 Å². The van der Waals surface area contributed by atoms with Gasteiger partial charge in [-0.2, -0.15) is 20.3 Å². The van der Waals surface area contributed by atoms with E-state index < -0.39 is 50.2 Å². The first kappa shape index (κ1) is 30.2. The molecule has 1 saturated heterocycles. The van der Waals surface area contributed by atoms with Crippen LogP contribution < -0.4 is 20.1 Å². The Labute approximate surface area is 236 Å². The number of aliphatic hydroxyl groups excluding tert-OH is 1. The van der Waals surface area contributed by atoms with Crippen molar-refractivity contribution in [2.75, 3.05) is 26.6 Å². The maximum Gasteiger partial charge on any atom is 0.459 e. The number of anilines is 1. The summed E-state index contributed by atoms with van der Waals surface area (Å²) < 4.78 is 43.0. The number of nitrogen functional groups attached to an aromatic ring is 1. The number of rotatable bonds is 11. The second-order valence-corrected chi connectivity index (χ2v) is 11.2. The molecule has 1 aliphatic rings. The van der Waals surface area contributed by atoms with Crippen LogP contribution in [0.5, 0.6) is 11.6 Å². The molecule has 15 nitrogen and oxygen atoms in total. The lowest BCUT2D eigenvalue weighted by Gasteiger charge is -2.26. The highest BCUT2D eigenvalue weighted by molar-refractivity contribution is 7.52. The first-order valence-electron chi connectivity index (χ1n) is 12.7. The Balaban J connectivity index is 1.63. The molecule has 0 spiro atoms. The summed E-state index contributed by atoms with van der Waals surface area (Å²) in [5, 5.41) is 23.9. The molecule has 2 aromatic heterocycles. The van der Waals surface area contributed by atoms with E-state index in [2.05, 4.69) is 26.1 Å². The smallest absolute Gasteiger partial charge is 0.459 e. The van der Waals surface area contributed by atoms with E-state index in [9.17, 15) is 19.7 Å². The number of hydrogen-bond donors (Lipinski definition) is 3. The average molecular weight is 590 g/mol. The number of imidazole rings is 1. The summed E-state index contributed by atoms with van der Waals surface area (Å²) in [6.07, 6.45) is -1.73. The molecule has 16 heteroatoms. The quantitative estimate of drug-likeness (QED) is 0.216. The molecule has 0 saturated carbocycles. The maximum absolute atomic E-state index is 13.9. The molecule has 3 heterocycles. The first-order valence-corrected chi connectivity index (χ1v) is 14.2. The van der Waals surface area contributed by atoms with Crippen molar-refractivity contribution >= 4 is 30.8 Å². The van der Waals surface area contributed by atoms with Crippen LogP contribution >= 0.6 is 7.75 Å². The van der Waals surface area contributed by atoms with Gasteiger partial charge < -0.3 is 29.6 Å². The number of nitrogens with two attached hydrogens (primary N) is 1. The fourth-order valence-electron chi connectivity index (χ4n) is 4.48. The molecule has 0 bridgehead atoms. The van der Waals surface area contributed by atoms with Gasteiger partial charge in [0.25, 0.3) is 0 Å². The van der Waals surface area contributed by atoms with E-state index in [1.807, 2.05) is 13.0 Å². The molecule has 0 radical (unpaired) electrons. The Morgan fingerprint density at radius 2 is 2.10 bits per heavy atom. The standard InChI is InChI=1S/C25H32N7O8P/c1-6-15-9-7-8-10-16(15)40-41(35,31-14(2)22(34)37-5)38-11-17-19(33)25(3,12-26)23(39-17)32-13-28-18-20(32)29-24(27)30-21(18)36-4/h7-10,13-14,17,19,23,33H,6,11H2,1-5H3,(H,31,35)(H2,27,29,30)/t14-,17+,19+,23+,25+,41?/m0/s1. The van der Waals surface area contributed by atoms with Crippen LogP contribution in [0.15, 0.2) is 30.6 Å². The topological polar surface area (TPSA) is 206 Å². The van der Waals surface area contributed by atoms with Gasteiger partial charge in [-0.05, 0) is 31.9 Å². The molecule has 1 fully saturated rings. The number of nitriles is 1. The second-order valence-electron chi connectivity index (χ2n) is 9.50. The van der Waals surface area contributed by atoms with Crippen molar-refractivity contribution in [3.05, 3.63) is 36.2 Å². The number of aliphatic hydroxyl groups is 1. The van der Waals surface area contributed by atoms with Gasteiger partial charge >= 0.3 is 13.7 Å². The molecule has 0 aliphatic carbocycles. The van der Waals surface area contributed by atoms with E-state index in [1.165, 1.54) is 39.0 Å². The molecular weight excluding hydrogens is 557 g/mol. The minimum absolute atomic E-state index is 0.0931. The van der Waals surface area contributed by atoms with Crippen LogP contribution in [0.25, 0.3) is 11.2 Å². The Hall–Kier alpha value is -3.80. The Bertz CT molecular complexity index is 1510. The molecule has 1 unspecified atom stereocenters. The zero-order valence-corrected chi connectivity index (χ0v) is 24.1. The number of hydrogen-bond acceptors (Lipinski definition) is 13. The molecule has 3 aromatic rings. The van der Waals surface area contributed by atoms with Crippen molar-refractivity contribution in [3.63, 3.8) is 0 Å². The zero-order chi connectivity index (χ0) is 29.9. The van der Waals surface area contributed by atoms with Gasteiger partial charge in [-0.3, -0.25) is 13.9 Å². The number of aryl methyl sites for hydroxylation is 1. The third-order valence-electron chi connectivity index (χ3n) is 6.76. The number of para-hydroxylation sites is 1. The molecule has 0 amide bonds. The Kier molecular flexibility index (Phi) is 8.81. The summed E-state index contributed by atoms with van der Waals surface area (Å²) in [7, 11) is -1.67. The van der Waals surface area contributed by atoms with Gasteiger partial charge in [-0.25, -0.2) is 9.55 Å². The summed E-state index contributed by atoms with van der Waals surface area (Å²) in [6, 6.07) is 7.98. The monoisotopic (exact) mass is 589 g/mol. The number of esters is 1. The highest BCUT2D eigenvalue weighted by Crippen LogP contribution is 2.50. The van der Waals surface area contributed by atoms with Gasteiger partial charge in [-0.15, -0.1) is 0 Å². The largest absolute Gasteiger partial charge is 0.479 e. The lowest BCUT2D eigenvalue weighted by Crippen LogP contribution is -2.38. The Morgan fingerprint density at radius 1 is 1.37 bits per heavy atom. The predicted molar refractivity (Wildman–Crippen MR) is 145 cm³/mol. The van der Waals surface area contributed by atoms with Crippen LogP contribution in [0.3, 0.4) is 0 Å². The fourth-order valence-corrected chi connectivity index (χ4v) is 6.02. The number of benzene rings is 1. The molecule has 1 aromatic carbocycles. The summed E-state index contributed by atoms with van der Waals surface area (Å²) in [5.74, 6) is -0.380. The minimum atomic E-state index is -4.27. The second kappa shape index (κ2) is 12.0. The van der Waals surface area contributed by atoms with Crippen LogP contribution in [0, 0.1) is 16.7 Å². The number of carbonyl (C=O) groups is 1. The normalized spacial score (nSPS) is 24.4. The summed E-state index contributed by atoms with van der Waals surface area (Å²) in [5.41, 5.74) is 5.54. The number of nitrogens with one attached hydrogen (secondary N) is 1. The molecule has 4 rings (SSSR count). The van der Waals surface area contributed by atoms with E-state index in [-0.39, 0.29) is 28.7 Å². The van der Waals surface area contributed by atoms with Crippen LogP contribution in [0.1, 0.15) is 32.6 Å². The number of ether oxygens (including phenoxy) is 3. The molecule has 41 heavy (non-hydrogen) atoms. The van der Waals surface area contributed by atoms with E-state index in [0.29, 0.717) is 6.42 Å². The highest BCUT2D eigenvalue weighted by atomic mass is 31.2. The number of nitrogens with zero attached hydrogens (tertiary/aromatic N) is 5. The first-order chi connectivity index (χ1) is 19.5. The summed E-state index contributed by atoms with van der Waals surface area (Å²) >= 11 is 0. The Morgan fingerprint density at radius 3 is 2.76 bits per heavy atom. The van der Waals surface area contributed by atoms with Gasteiger partial charge in [0.05, 0.1) is 33.2 Å². The molecule has 220 valence electrons. The number of carbonyl (C=O) groups excluding carboxylic acids is 1. The van der Waals surface area contributed by atoms with Crippen LogP contribution in [-0.2, 0) is 29.8 Å². The minimum Gasteiger partial charge on any atom is -0.479 e. The van der Waals surface area contributed by atoms with Crippen LogP contribution in [-0.4, -0.2) is 69.7 Å². The van der Waals surface area contributed by atoms with Crippen molar-refractivity contribution < 1.29 is 37.7 Å². The van der Waals surface area contributed by atoms with Crippen molar-refractivity contribution in [3.8, 4) is 17.7 Å². The fraction of sp³-hybridized carbons (Fsp3) is 0.480. The van der Waals surface area contributed by atoms with E-state index in [1.54, 1.807) is 18.2 Å². The average Bonchev–Trinajstić information content (AvgIpc) is 3.49. The lowest BCUT2D eigenvalue weighted by atomic mass is 9.84. The third-order valence-corrected chi connectivity index (χ3v) is 8.39. The molecular formula is C25H32N7O8P. The maximum atomic E-state index is 13.9. The van der Waals surface area contributed by atoms with E-state index >= 15 is 0 Å². The van der Waals surface area contributed by atoms with Crippen LogP contribution in [0.4, 0.5) is 5.95 Å². The van der Waals surface area contributed by atoms with Gasteiger partial charge in [-0.1, -0.05) is 25.1 Å². The van der Waals surface area contributed by atoms with Crippen molar-refractivity contribution in [2.45, 2.75) is 51.7 Å². The third kappa shape index (κ3) is 5.83. The summed E-state index contributed by atoms with van der Waals surface area (Å²) in [6.45, 7) is 4.36. The van der Waals surface area contributed by atoms with Crippen LogP contribution in [0.2, 0.25) is 0 Å². The summed E-state index contributed by atoms with van der Waals surface area (Å²) in [4.78, 5) is 24.6. The zero-order valence-electron chi connectivity index (χ0n) is 23.2. The number of fused-ring (bicyclic) bond motifs is 1. The SMILES string of the molecule is CCc1ccccc1OP(=O)(N[C@@H](C)C(=O)OC)OC[C@H]1O[C@@H](n2cnc3c(OC)nc(N)nc32)[C@](C)(C#N)[C@@H]1O. The van der Waals surface area contributed by atoms with Gasteiger partial charge in [0.15, 0.2) is 17.4 Å². The van der Waals surface area contributed by atoms with E-state index in [0.717, 1.165) is 5.56 Å². The van der Waals surface area contributed by atoms with Crippen molar-refractivity contribution in [2.24, 2.45) is 5.41 Å². The van der Waals surface area contributed by atoms with E-state index in [4.69, 9.17) is 29.0 Å². The lowest BCUT2D eigenvalue weighted by molar-refractivity contribution is -0.142. The molecule has 4 N–H and O–H groups in total. The predicted octanol–water partition coefficient (Wildman–Crippen LogP) is 2.12. The molecule has 1 aliphatic heterocycles.